The molecule has 4 nitrogen and oxygen atoms in total. The van der Waals surface area contributed by atoms with Gasteiger partial charge in [0.2, 0.25) is 0 Å². The molecule has 3 aromatic rings. The van der Waals surface area contributed by atoms with E-state index in [1.807, 2.05) is 43.0 Å². The lowest BCUT2D eigenvalue weighted by Crippen LogP contribution is -2.29. The molecule has 2 aromatic heterocycles. The molecule has 1 aliphatic heterocycles. The van der Waals surface area contributed by atoms with Crippen molar-refractivity contribution in [3.8, 4) is 11.1 Å². The summed E-state index contributed by atoms with van der Waals surface area (Å²) in [7, 11) is 0. The van der Waals surface area contributed by atoms with Crippen molar-refractivity contribution in [3.63, 3.8) is 0 Å². The standard InChI is InChI=1S/C20H18N2O2/c1-13-11-18(14(2)24-13)20(23)22-10-7-17-12-16(3-4-19(17)22)15-5-8-21-9-6-15/h3-6,8-9,11-12H,7,10H2,1-2H3. The van der Waals surface area contributed by atoms with Gasteiger partial charge in [0.15, 0.2) is 0 Å². The van der Waals surface area contributed by atoms with E-state index in [2.05, 4.69) is 17.1 Å². The van der Waals surface area contributed by atoms with Gasteiger partial charge in [-0.25, -0.2) is 0 Å². The van der Waals surface area contributed by atoms with Crippen LogP contribution in [0.5, 0.6) is 0 Å². The van der Waals surface area contributed by atoms with E-state index >= 15 is 0 Å². The van der Waals surface area contributed by atoms with Crippen LogP contribution >= 0.6 is 0 Å². The lowest BCUT2D eigenvalue weighted by molar-refractivity contribution is 0.0988. The number of anilines is 1. The zero-order chi connectivity index (χ0) is 16.7. The maximum absolute atomic E-state index is 12.9. The number of benzene rings is 1. The first kappa shape index (κ1) is 14.7. The number of carbonyl (C=O) groups excluding carboxylic acids is 1. The number of nitrogens with zero attached hydrogens (tertiary/aromatic N) is 2. The van der Waals surface area contributed by atoms with Crippen molar-refractivity contribution in [1.29, 1.82) is 0 Å². The van der Waals surface area contributed by atoms with Gasteiger partial charge in [0, 0.05) is 24.6 Å². The number of rotatable bonds is 2. The highest BCUT2D eigenvalue weighted by Crippen LogP contribution is 2.33. The minimum Gasteiger partial charge on any atom is -0.466 e. The first-order chi connectivity index (χ1) is 11.6. The van der Waals surface area contributed by atoms with E-state index in [1.165, 1.54) is 5.56 Å². The van der Waals surface area contributed by atoms with Crippen molar-refractivity contribution < 1.29 is 9.21 Å². The number of amides is 1. The largest absolute Gasteiger partial charge is 0.466 e. The smallest absolute Gasteiger partial charge is 0.261 e. The fourth-order valence-electron chi connectivity index (χ4n) is 3.33. The van der Waals surface area contributed by atoms with Crippen LogP contribution in [0.1, 0.15) is 27.4 Å². The number of hydrogen-bond acceptors (Lipinski definition) is 3. The highest BCUT2D eigenvalue weighted by Gasteiger charge is 2.28. The molecule has 0 atom stereocenters. The van der Waals surface area contributed by atoms with Gasteiger partial charge in [-0.05, 0) is 67.3 Å². The summed E-state index contributed by atoms with van der Waals surface area (Å²) in [5.41, 5.74) is 5.14. The summed E-state index contributed by atoms with van der Waals surface area (Å²) in [6, 6.07) is 12.1. The molecule has 1 aromatic carbocycles. The number of fused-ring (bicyclic) bond motifs is 1. The molecular formula is C20H18N2O2. The Labute approximate surface area is 140 Å². The van der Waals surface area contributed by atoms with E-state index in [9.17, 15) is 4.79 Å². The fraction of sp³-hybridized carbons (Fsp3) is 0.200. The first-order valence-corrected chi connectivity index (χ1v) is 8.06. The number of hydrogen-bond donors (Lipinski definition) is 0. The Morgan fingerprint density at radius 1 is 1.08 bits per heavy atom. The van der Waals surface area contributed by atoms with Gasteiger partial charge in [0.1, 0.15) is 11.5 Å². The average Bonchev–Trinajstić information content (AvgIpc) is 3.17. The van der Waals surface area contributed by atoms with E-state index in [0.29, 0.717) is 17.9 Å². The highest BCUT2D eigenvalue weighted by atomic mass is 16.3. The molecule has 3 heterocycles. The SMILES string of the molecule is Cc1cc(C(=O)N2CCc3cc(-c4ccncc4)ccc32)c(C)o1. The minimum absolute atomic E-state index is 0.0137. The molecule has 1 aliphatic rings. The van der Waals surface area contributed by atoms with E-state index < -0.39 is 0 Å². The van der Waals surface area contributed by atoms with Gasteiger partial charge in [-0.3, -0.25) is 9.78 Å². The summed E-state index contributed by atoms with van der Waals surface area (Å²) in [5.74, 6) is 1.46. The first-order valence-electron chi connectivity index (χ1n) is 8.06. The van der Waals surface area contributed by atoms with Crippen LogP contribution in [0.25, 0.3) is 11.1 Å². The molecule has 0 aliphatic carbocycles. The molecule has 0 unspecified atom stereocenters. The van der Waals surface area contributed by atoms with Crippen LogP contribution in [0.4, 0.5) is 5.69 Å². The van der Waals surface area contributed by atoms with Crippen LogP contribution in [0.3, 0.4) is 0 Å². The van der Waals surface area contributed by atoms with Crippen LogP contribution in [0.15, 0.2) is 53.2 Å². The van der Waals surface area contributed by atoms with Crippen molar-refractivity contribution in [2.45, 2.75) is 20.3 Å². The Hall–Kier alpha value is -2.88. The Kier molecular flexibility index (Phi) is 3.45. The van der Waals surface area contributed by atoms with E-state index in [0.717, 1.165) is 29.0 Å². The second kappa shape index (κ2) is 5.64. The number of aryl methyl sites for hydroxylation is 2. The Bertz CT molecular complexity index is 913. The van der Waals surface area contributed by atoms with E-state index in [-0.39, 0.29) is 5.91 Å². The predicted molar refractivity (Wildman–Crippen MR) is 93.2 cm³/mol. The van der Waals surface area contributed by atoms with E-state index in [4.69, 9.17) is 4.42 Å². The molecule has 24 heavy (non-hydrogen) atoms. The quantitative estimate of drug-likeness (QED) is 0.712. The number of aromatic nitrogens is 1. The van der Waals surface area contributed by atoms with Gasteiger partial charge in [0.25, 0.3) is 5.91 Å². The Balaban J connectivity index is 1.68. The number of pyridine rings is 1. The zero-order valence-corrected chi connectivity index (χ0v) is 13.7. The Morgan fingerprint density at radius 2 is 1.88 bits per heavy atom. The maximum Gasteiger partial charge on any atom is 0.261 e. The summed E-state index contributed by atoms with van der Waals surface area (Å²) in [6.07, 6.45) is 4.46. The summed E-state index contributed by atoms with van der Waals surface area (Å²) >= 11 is 0. The average molecular weight is 318 g/mol. The lowest BCUT2D eigenvalue weighted by Gasteiger charge is -2.17. The molecule has 0 saturated carbocycles. The maximum atomic E-state index is 12.9. The highest BCUT2D eigenvalue weighted by molar-refractivity contribution is 6.08. The molecule has 0 N–H and O–H groups in total. The van der Waals surface area contributed by atoms with Crippen LogP contribution < -0.4 is 4.90 Å². The van der Waals surface area contributed by atoms with Crippen molar-refractivity contribution >= 4 is 11.6 Å². The van der Waals surface area contributed by atoms with Gasteiger partial charge >= 0.3 is 0 Å². The molecule has 0 spiro atoms. The van der Waals surface area contributed by atoms with Crippen LogP contribution in [0, 0.1) is 13.8 Å². The molecule has 0 radical (unpaired) electrons. The topological polar surface area (TPSA) is 46.3 Å². The molecule has 120 valence electrons. The third-order valence-electron chi connectivity index (χ3n) is 4.51. The second-order valence-corrected chi connectivity index (χ2v) is 6.11. The summed E-state index contributed by atoms with van der Waals surface area (Å²) in [4.78, 5) is 18.8. The number of furan rings is 1. The summed E-state index contributed by atoms with van der Waals surface area (Å²) in [6.45, 7) is 4.41. The second-order valence-electron chi connectivity index (χ2n) is 6.11. The molecular weight excluding hydrogens is 300 g/mol. The van der Waals surface area contributed by atoms with Crippen LogP contribution in [0.2, 0.25) is 0 Å². The van der Waals surface area contributed by atoms with Crippen molar-refractivity contribution in [2.24, 2.45) is 0 Å². The number of carbonyl (C=O) groups is 1. The van der Waals surface area contributed by atoms with Gasteiger partial charge in [-0.1, -0.05) is 6.07 Å². The minimum atomic E-state index is 0.0137. The van der Waals surface area contributed by atoms with Crippen LogP contribution in [-0.2, 0) is 6.42 Å². The monoisotopic (exact) mass is 318 g/mol. The molecule has 0 bridgehead atoms. The fourth-order valence-corrected chi connectivity index (χ4v) is 3.33. The van der Waals surface area contributed by atoms with Gasteiger partial charge < -0.3 is 9.32 Å². The zero-order valence-electron chi connectivity index (χ0n) is 13.7. The summed E-state index contributed by atoms with van der Waals surface area (Å²) < 4.78 is 5.51. The normalized spacial score (nSPS) is 13.2. The molecule has 1 amide bonds. The third-order valence-corrected chi connectivity index (χ3v) is 4.51. The Morgan fingerprint density at radius 3 is 2.58 bits per heavy atom. The molecule has 0 fully saturated rings. The van der Waals surface area contributed by atoms with Crippen LogP contribution in [-0.4, -0.2) is 17.4 Å². The molecule has 0 saturated heterocycles. The molecule has 4 heteroatoms. The van der Waals surface area contributed by atoms with Crippen molar-refractivity contribution in [1.82, 2.24) is 4.98 Å². The molecule has 4 rings (SSSR count). The van der Waals surface area contributed by atoms with E-state index in [1.54, 1.807) is 12.4 Å². The third kappa shape index (κ3) is 2.40. The van der Waals surface area contributed by atoms with Gasteiger partial charge in [0.05, 0.1) is 5.56 Å². The van der Waals surface area contributed by atoms with Gasteiger partial charge in [-0.2, -0.15) is 0 Å². The lowest BCUT2D eigenvalue weighted by atomic mass is 10.0. The van der Waals surface area contributed by atoms with Gasteiger partial charge in [-0.15, -0.1) is 0 Å². The predicted octanol–water partition coefficient (Wildman–Crippen LogP) is 4.16. The summed E-state index contributed by atoms with van der Waals surface area (Å²) in [5, 5.41) is 0. The van der Waals surface area contributed by atoms with Crippen molar-refractivity contribution in [2.75, 3.05) is 11.4 Å². The van der Waals surface area contributed by atoms with Crippen molar-refractivity contribution in [3.05, 3.63) is 71.4 Å².